The molecule has 0 atom stereocenters. The van der Waals surface area contributed by atoms with E-state index < -0.39 is 10.8 Å². The second-order valence-electron chi connectivity index (χ2n) is 3.60. The Morgan fingerprint density at radius 1 is 1.47 bits per heavy atom. The van der Waals surface area contributed by atoms with Crippen molar-refractivity contribution in [2.24, 2.45) is 7.05 Å². The molecular formula is C10H8ClN5O3. The molecule has 8 nitrogen and oxygen atoms in total. The predicted molar refractivity (Wildman–Crippen MR) is 67.1 cm³/mol. The molecule has 0 aliphatic heterocycles. The molecule has 2 aromatic heterocycles. The number of hydrogen-bond acceptors (Lipinski definition) is 5. The first-order valence-corrected chi connectivity index (χ1v) is 5.45. The molecule has 0 saturated carbocycles. The number of hydrogen-bond donors (Lipinski definition) is 1. The van der Waals surface area contributed by atoms with Crippen molar-refractivity contribution in [2.45, 2.75) is 0 Å². The van der Waals surface area contributed by atoms with E-state index in [1.165, 1.54) is 36.3 Å². The molecule has 0 fully saturated rings. The summed E-state index contributed by atoms with van der Waals surface area (Å²) in [7, 11) is 1.53. The van der Waals surface area contributed by atoms with E-state index in [0.29, 0.717) is 0 Å². The van der Waals surface area contributed by atoms with Gasteiger partial charge in [-0.3, -0.25) is 14.9 Å². The van der Waals surface area contributed by atoms with Crippen LogP contribution in [-0.4, -0.2) is 25.4 Å². The van der Waals surface area contributed by atoms with Gasteiger partial charge in [0.1, 0.15) is 5.69 Å². The molecule has 19 heavy (non-hydrogen) atoms. The van der Waals surface area contributed by atoms with E-state index in [-0.39, 0.29) is 22.4 Å². The lowest BCUT2D eigenvalue weighted by molar-refractivity contribution is -0.384. The highest BCUT2D eigenvalue weighted by atomic mass is 35.5. The van der Waals surface area contributed by atoms with Crippen LogP contribution < -0.4 is 5.32 Å². The van der Waals surface area contributed by atoms with Gasteiger partial charge >= 0.3 is 0 Å². The van der Waals surface area contributed by atoms with Gasteiger partial charge in [-0.05, 0) is 0 Å². The van der Waals surface area contributed by atoms with E-state index in [0.717, 1.165) is 0 Å². The molecule has 2 heterocycles. The Balaban J connectivity index is 2.26. The van der Waals surface area contributed by atoms with Gasteiger partial charge in [-0.15, -0.1) is 0 Å². The van der Waals surface area contributed by atoms with Crippen LogP contribution in [0.25, 0.3) is 0 Å². The van der Waals surface area contributed by atoms with Crippen LogP contribution in [0.4, 0.5) is 11.5 Å². The second kappa shape index (κ2) is 5.02. The molecule has 0 saturated heterocycles. The first kappa shape index (κ1) is 13.0. The smallest absolute Gasteiger partial charge is 0.287 e. The van der Waals surface area contributed by atoms with Crippen molar-refractivity contribution in [3.8, 4) is 0 Å². The summed E-state index contributed by atoms with van der Waals surface area (Å²) in [5.41, 5.74) is -0.0497. The maximum absolute atomic E-state index is 11.9. The van der Waals surface area contributed by atoms with Crippen molar-refractivity contribution in [3.63, 3.8) is 0 Å². The van der Waals surface area contributed by atoms with Crippen LogP contribution in [0.3, 0.4) is 0 Å². The molecule has 2 aromatic rings. The number of nitrogens with one attached hydrogen (secondary N) is 1. The maximum atomic E-state index is 11.9. The molecule has 0 bridgehead atoms. The molecule has 0 aliphatic carbocycles. The number of carbonyl (C=O) groups is 1. The number of nitro groups is 1. The van der Waals surface area contributed by atoms with Crippen LogP contribution in [0.15, 0.2) is 24.7 Å². The summed E-state index contributed by atoms with van der Waals surface area (Å²) >= 11 is 5.75. The summed E-state index contributed by atoms with van der Waals surface area (Å²) in [6, 6.07) is 1.17. The Labute approximate surface area is 112 Å². The summed E-state index contributed by atoms with van der Waals surface area (Å²) in [5, 5.41) is 13.1. The molecule has 0 unspecified atom stereocenters. The van der Waals surface area contributed by atoms with E-state index in [9.17, 15) is 14.9 Å². The van der Waals surface area contributed by atoms with Gasteiger partial charge in [0, 0.05) is 25.5 Å². The van der Waals surface area contributed by atoms with Gasteiger partial charge in [-0.1, -0.05) is 11.6 Å². The van der Waals surface area contributed by atoms with Crippen molar-refractivity contribution < 1.29 is 9.72 Å². The Bertz CT molecular complexity index is 654. The third kappa shape index (κ3) is 2.68. The molecule has 1 amide bonds. The number of amides is 1. The number of nitrogens with zero attached hydrogens (tertiary/aromatic N) is 4. The normalized spacial score (nSPS) is 10.2. The highest BCUT2D eigenvalue weighted by molar-refractivity contribution is 6.32. The highest BCUT2D eigenvalue weighted by Gasteiger charge is 2.18. The molecule has 9 heteroatoms. The Morgan fingerprint density at radius 3 is 2.74 bits per heavy atom. The standard InChI is InChI=1S/C10H8ClN5O3/c1-15-5-6(16(18)19)4-7(15)10(17)14-9-8(11)12-2-3-13-9/h2-5H,1H3,(H,13,14,17). The van der Waals surface area contributed by atoms with Gasteiger partial charge in [-0.25, -0.2) is 9.97 Å². The fourth-order valence-corrected chi connectivity index (χ4v) is 1.60. The number of carbonyl (C=O) groups excluding carboxylic acids is 1. The second-order valence-corrected chi connectivity index (χ2v) is 3.96. The van der Waals surface area contributed by atoms with Gasteiger partial charge in [0.25, 0.3) is 11.6 Å². The van der Waals surface area contributed by atoms with Crippen molar-refractivity contribution in [1.29, 1.82) is 0 Å². The van der Waals surface area contributed by atoms with Crippen molar-refractivity contribution in [3.05, 3.63) is 45.6 Å². The van der Waals surface area contributed by atoms with Crippen LogP contribution in [0.2, 0.25) is 5.15 Å². The zero-order valence-electron chi connectivity index (χ0n) is 9.70. The van der Waals surface area contributed by atoms with Crippen molar-refractivity contribution in [2.75, 3.05) is 5.32 Å². The lowest BCUT2D eigenvalue weighted by Crippen LogP contribution is -2.16. The zero-order chi connectivity index (χ0) is 14.0. The summed E-state index contributed by atoms with van der Waals surface area (Å²) < 4.78 is 1.34. The third-order valence-electron chi connectivity index (χ3n) is 2.32. The molecule has 0 aliphatic rings. The SMILES string of the molecule is Cn1cc([N+](=O)[O-])cc1C(=O)Nc1nccnc1Cl. The minimum Gasteiger partial charge on any atom is -0.340 e. The summed E-state index contributed by atoms with van der Waals surface area (Å²) in [6.45, 7) is 0. The van der Waals surface area contributed by atoms with E-state index in [2.05, 4.69) is 15.3 Å². The molecule has 1 N–H and O–H groups in total. The minimum absolute atomic E-state index is 0.0413. The van der Waals surface area contributed by atoms with E-state index in [1.54, 1.807) is 0 Å². The minimum atomic E-state index is -0.577. The van der Waals surface area contributed by atoms with E-state index >= 15 is 0 Å². The largest absolute Gasteiger partial charge is 0.340 e. The van der Waals surface area contributed by atoms with Crippen LogP contribution in [-0.2, 0) is 7.05 Å². The number of aryl methyl sites for hydroxylation is 1. The molecule has 0 radical (unpaired) electrons. The average molecular weight is 282 g/mol. The molecule has 0 aromatic carbocycles. The van der Waals surface area contributed by atoms with Crippen molar-refractivity contribution in [1.82, 2.24) is 14.5 Å². The number of rotatable bonds is 3. The fraction of sp³-hybridized carbons (Fsp3) is 0.100. The Hall–Kier alpha value is -2.48. The fourth-order valence-electron chi connectivity index (χ4n) is 1.45. The van der Waals surface area contributed by atoms with E-state index in [1.807, 2.05) is 0 Å². The predicted octanol–water partition coefficient (Wildman–Crippen LogP) is 1.63. The van der Waals surface area contributed by atoms with Crippen LogP contribution in [0.1, 0.15) is 10.5 Å². The monoisotopic (exact) mass is 281 g/mol. The van der Waals surface area contributed by atoms with Crippen LogP contribution >= 0.6 is 11.6 Å². The summed E-state index contributed by atoms with van der Waals surface area (Å²) in [6.07, 6.45) is 3.99. The summed E-state index contributed by atoms with van der Waals surface area (Å²) in [5.74, 6) is -0.462. The lowest BCUT2D eigenvalue weighted by atomic mass is 10.4. The van der Waals surface area contributed by atoms with Gasteiger partial charge < -0.3 is 9.88 Å². The highest BCUT2D eigenvalue weighted by Crippen LogP contribution is 2.18. The molecule has 2 rings (SSSR count). The van der Waals surface area contributed by atoms with Crippen LogP contribution in [0.5, 0.6) is 0 Å². The Morgan fingerprint density at radius 2 is 2.16 bits per heavy atom. The van der Waals surface area contributed by atoms with Crippen molar-refractivity contribution >= 4 is 29.0 Å². The zero-order valence-corrected chi connectivity index (χ0v) is 10.5. The van der Waals surface area contributed by atoms with Crippen LogP contribution in [0, 0.1) is 10.1 Å². The molecular weight excluding hydrogens is 274 g/mol. The Kier molecular flexibility index (Phi) is 3.43. The lowest BCUT2D eigenvalue weighted by Gasteiger charge is -2.05. The van der Waals surface area contributed by atoms with Gasteiger partial charge in [0.15, 0.2) is 11.0 Å². The first-order valence-electron chi connectivity index (χ1n) is 5.07. The third-order valence-corrected chi connectivity index (χ3v) is 2.60. The number of aromatic nitrogens is 3. The van der Waals surface area contributed by atoms with Gasteiger partial charge in [0.2, 0.25) is 0 Å². The van der Waals surface area contributed by atoms with E-state index in [4.69, 9.17) is 11.6 Å². The topological polar surface area (TPSA) is 103 Å². The maximum Gasteiger partial charge on any atom is 0.287 e. The first-order chi connectivity index (χ1) is 8.99. The quantitative estimate of drug-likeness (QED) is 0.680. The summed E-state index contributed by atoms with van der Waals surface area (Å²) in [4.78, 5) is 29.6. The van der Waals surface area contributed by atoms with Gasteiger partial charge in [-0.2, -0.15) is 0 Å². The number of halogens is 1. The molecule has 98 valence electrons. The molecule has 0 spiro atoms. The van der Waals surface area contributed by atoms with Gasteiger partial charge in [0.05, 0.1) is 11.1 Å². The average Bonchev–Trinajstić information content (AvgIpc) is 2.74. The number of anilines is 1.